The Labute approximate surface area is 231 Å². The number of hydrogen-bond donors (Lipinski definition) is 1. The number of pyridine rings is 1. The van der Waals surface area contributed by atoms with Gasteiger partial charge in [0.05, 0.1) is 5.52 Å². The molecule has 1 aromatic heterocycles. The zero-order chi connectivity index (χ0) is 26.7. The highest BCUT2D eigenvalue weighted by molar-refractivity contribution is 6.03. The number of carbonyl (C=O) groups excluding carboxylic acids is 1. The molecule has 0 atom stereocenters. The quantitative estimate of drug-likeness (QED) is 0.308. The molecular formula is C33H37N5O. The van der Waals surface area contributed by atoms with Crippen LogP contribution >= 0.6 is 0 Å². The lowest BCUT2D eigenvalue weighted by atomic mass is 9.80. The molecule has 0 unspecified atom stereocenters. The number of hydrogen-bond acceptors (Lipinski definition) is 4. The van der Waals surface area contributed by atoms with Gasteiger partial charge in [0.2, 0.25) is 0 Å². The maximum absolute atomic E-state index is 14.3. The number of fused-ring (bicyclic) bond motifs is 1. The van der Waals surface area contributed by atoms with Crippen molar-refractivity contribution in [3.05, 3.63) is 97.2 Å². The summed E-state index contributed by atoms with van der Waals surface area (Å²) in [6, 6.07) is 30.7. The highest BCUT2D eigenvalue weighted by Gasteiger charge is 2.48. The van der Waals surface area contributed by atoms with E-state index >= 15 is 0 Å². The van der Waals surface area contributed by atoms with Crippen molar-refractivity contribution >= 4 is 34.0 Å². The molecule has 1 saturated heterocycles. The van der Waals surface area contributed by atoms with Crippen LogP contribution in [0.25, 0.3) is 10.9 Å². The number of carbonyl (C=O) groups is 1. The predicted molar refractivity (Wildman–Crippen MR) is 160 cm³/mol. The molecular weight excluding hydrogens is 482 g/mol. The van der Waals surface area contributed by atoms with Gasteiger partial charge in [-0.15, -0.1) is 0 Å². The summed E-state index contributed by atoms with van der Waals surface area (Å²) in [5, 5.41) is 4.28. The zero-order valence-corrected chi connectivity index (χ0v) is 22.7. The molecule has 2 amide bonds. The number of nitrogens with zero attached hydrogens (tertiary/aromatic N) is 4. The summed E-state index contributed by atoms with van der Waals surface area (Å²) in [4.78, 5) is 25.9. The van der Waals surface area contributed by atoms with Crippen molar-refractivity contribution < 1.29 is 4.79 Å². The van der Waals surface area contributed by atoms with Gasteiger partial charge in [-0.25, -0.2) is 4.79 Å². The Hall–Kier alpha value is -3.90. The molecule has 39 heavy (non-hydrogen) atoms. The fourth-order valence-corrected chi connectivity index (χ4v) is 6.38. The normalized spacial score (nSPS) is 22.0. The Kier molecular flexibility index (Phi) is 7.20. The van der Waals surface area contributed by atoms with E-state index in [4.69, 9.17) is 0 Å². The smallest absolute Gasteiger partial charge is 0.327 e. The third kappa shape index (κ3) is 5.21. The highest BCUT2D eigenvalue weighted by atomic mass is 16.2. The lowest BCUT2D eigenvalue weighted by molar-refractivity contribution is 0.0366. The first-order valence-electron chi connectivity index (χ1n) is 14.2. The molecule has 200 valence electrons. The van der Waals surface area contributed by atoms with Gasteiger partial charge in [-0.2, -0.15) is 0 Å². The van der Waals surface area contributed by atoms with E-state index in [-0.39, 0.29) is 11.7 Å². The Balaban J connectivity index is 1.33. The fraction of sp³-hybridized carbons (Fsp3) is 0.333. The van der Waals surface area contributed by atoms with Gasteiger partial charge in [-0.05, 0) is 80.1 Å². The molecule has 1 N–H and O–H groups in total. The largest absolute Gasteiger partial charge is 0.369 e. The van der Waals surface area contributed by atoms with Crippen molar-refractivity contribution in [2.24, 2.45) is 5.92 Å². The number of nitrogens with one attached hydrogen (secondary N) is 1. The van der Waals surface area contributed by atoms with Gasteiger partial charge in [0.25, 0.3) is 0 Å². The number of benzene rings is 3. The molecule has 6 rings (SSSR count). The van der Waals surface area contributed by atoms with Crippen LogP contribution in [0.2, 0.25) is 0 Å². The molecule has 2 fully saturated rings. The third-order valence-corrected chi connectivity index (χ3v) is 8.55. The van der Waals surface area contributed by atoms with Crippen LogP contribution in [-0.4, -0.2) is 47.8 Å². The Morgan fingerprint density at radius 2 is 1.56 bits per heavy atom. The zero-order valence-electron chi connectivity index (χ0n) is 22.7. The first-order valence-corrected chi connectivity index (χ1v) is 14.2. The third-order valence-electron chi connectivity index (χ3n) is 8.55. The Morgan fingerprint density at radius 3 is 2.28 bits per heavy atom. The number of aromatic nitrogens is 1. The number of urea groups is 1. The highest BCUT2D eigenvalue weighted by Crippen LogP contribution is 2.42. The summed E-state index contributed by atoms with van der Waals surface area (Å²) in [5.41, 5.74) is 3.54. The molecule has 6 heteroatoms. The van der Waals surface area contributed by atoms with Gasteiger partial charge in [0.1, 0.15) is 5.66 Å². The first kappa shape index (κ1) is 25.4. The van der Waals surface area contributed by atoms with Crippen molar-refractivity contribution in [3.63, 3.8) is 0 Å². The van der Waals surface area contributed by atoms with Crippen LogP contribution in [0.5, 0.6) is 0 Å². The van der Waals surface area contributed by atoms with E-state index in [1.165, 1.54) is 5.69 Å². The molecule has 0 bridgehead atoms. The minimum atomic E-state index is -0.376. The van der Waals surface area contributed by atoms with Crippen LogP contribution in [0.4, 0.5) is 21.9 Å². The molecule has 0 radical (unpaired) electrons. The van der Waals surface area contributed by atoms with E-state index in [9.17, 15) is 4.79 Å². The van der Waals surface area contributed by atoms with Crippen LogP contribution in [-0.2, 0) is 0 Å². The summed E-state index contributed by atoms with van der Waals surface area (Å²) in [7, 11) is 0. The summed E-state index contributed by atoms with van der Waals surface area (Å²) in [6.45, 7) is 6.07. The second kappa shape index (κ2) is 11.1. The van der Waals surface area contributed by atoms with Crippen molar-refractivity contribution in [1.82, 2.24) is 9.88 Å². The topological polar surface area (TPSA) is 51.7 Å². The predicted octanol–water partition coefficient (Wildman–Crippen LogP) is 7.00. The summed E-state index contributed by atoms with van der Waals surface area (Å²) >= 11 is 0. The standard InChI is InChI=1S/C33H37N5O/c1-26-16-18-33(19-17-26,37-23-21-36(22-24-37)29-10-4-2-5-11-29)38(30-12-6-3-7-13-30)32(39)35-28-14-15-31-27(25-28)9-8-20-34-31/h2-15,20,25-26H,16-19,21-24H2,1H3,(H,35,39). The van der Waals surface area contributed by atoms with Gasteiger partial charge in [0, 0.05) is 54.8 Å². The van der Waals surface area contributed by atoms with Crippen LogP contribution in [0.15, 0.2) is 97.2 Å². The van der Waals surface area contributed by atoms with E-state index in [0.29, 0.717) is 5.92 Å². The summed E-state index contributed by atoms with van der Waals surface area (Å²) in [5.74, 6) is 0.664. The number of rotatable bonds is 5. The molecule has 2 heterocycles. The lowest BCUT2D eigenvalue weighted by Crippen LogP contribution is -2.68. The number of amides is 2. The van der Waals surface area contributed by atoms with Crippen molar-refractivity contribution in [1.29, 1.82) is 0 Å². The maximum Gasteiger partial charge on any atom is 0.327 e. The van der Waals surface area contributed by atoms with Gasteiger partial charge >= 0.3 is 6.03 Å². The van der Waals surface area contributed by atoms with E-state index in [0.717, 1.165) is 74.1 Å². The molecule has 1 saturated carbocycles. The lowest BCUT2D eigenvalue weighted by Gasteiger charge is -2.55. The first-order chi connectivity index (χ1) is 19.1. The number of anilines is 3. The molecule has 1 aliphatic heterocycles. The average molecular weight is 520 g/mol. The minimum Gasteiger partial charge on any atom is -0.369 e. The molecule has 4 aromatic rings. The van der Waals surface area contributed by atoms with Crippen LogP contribution in [0, 0.1) is 5.92 Å². The number of piperazine rings is 1. The monoisotopic (exact) mass is 519 g/mol. The van der Waals surface area contributed by atoms with Crippen molar-refractivity contribution in [2.45, 2.75) is 38.3 Å². The fourth-order valence-electron chi connectivity index (χ4n) is 6.38. The van der Waals surface area contributed by atoms with E-state index < -0.39 is 0 Å². The summed E-state index contributed by atoms with van der Waals surface area (Å²) < 4.78 is 0. The van der Waals surface area contributed by atoms with Gasteiger partial charge in [-0.1, -0.05) is 49.4 Å². The second-order valence-electron chi connectivity index (χ2n) is 11.0. The van der Waals surface area contributed by atoms with Gasteiger partial charge in [0.15, 0.2) is 0 Å². The maximum atomic E-state index is 14.3. The van der Waals surface area contributed by atoms with Gasteiger partial charge in [-0.3, -0.25) is 14.8 Å². The molecule has 3 aromatic carbocycles. The van der Waals surface area contributed by atoms with Crippen LogP contribution < -0.4 is 15.1 Å². The van der Waals surface area contributed by atoms with Crippen LogP contribution in [0.1, 0.15) is 32.6 Å². The van der Waals surface area contributed by atoms with Crippen molar-refractivity contribution in [2.75, 3.05) is 41.3 Å². The number of para-hydroxylation sites is 2. The minimum absolute atomic E-state index is 0.0792. The second-order valence-corrected chi connectivity index (χ2v) is 11.0. The molecule has 2 aliphatic rings. The van der Waals surface area contributed by atoms with E-state index in [2.05, 4.69) is 74.4 Å². The van der Waals surface area contributed by atoms with Gasteiger partial charge < -0.3 is 10.2 Å². The van der Waals surface area contributed by atoms with Crippen LogP contribution in [0.3, 0.4) is 0 Å². The SMILES string of the molecule is CC1CCC(N2CCN(c3ccccc3)CC2)(N(C(=O)Nc2ccc3ncccc3c2)c2ccccc2)CC1. The molecule has 1 aliphatic carbocycles. The Morgan fingerprint density at radius 1 is 0.872 bits per heavy atom. The summed E-state index contributed by atoms with van der Waals surface area (Å²) in [6.07, 6.45) is 5.93. The average Bonchev–Trinajstić information content (AvgIpc) is 2.99. The molecule has 0 spiro atoms. The molecule has 6 nitrogen and oxygen atoms in total. The Bertz CT molecular complexity index is 1390. The van der Waals surface area contributed by atoms with E-state index in [1.807, 2.05) is 48.5 Å². The van der Waals surface area contributed by atoms with E-state index in [1.54, 1.807) is 6.20 Å². The van der Waals surface area contributed by atoms with Crippen molar-refractivity contribution in [3.8, 4) is 0 Å².